The third-order valence-electron chi connectivity index (χ3n) is 7.11. The highest BCUT2D eigenvalue weighted by molar-refractivity contribution is 5.44. The minimum Gasteiger partial charge on any atom is -0.494 e. The fraction of sp³-hybridized carbons (Fsp3) is 0.457. The number of hydrogen-bond acceptors (Lipinski definition) is 3. The van der Waals surface area contributed by atoms with E-state index in [1.165, 1.54) is 81.8 Å². The predicted octanol–water partition coefficient (Wildman–Crippen LogP) is 10.4. The van der Waals surface area contributed by atoms with E-state index in [0.29, 0.717) is 0 Å². The van der Waals surface area contributed by atoms with Crippen molar-refractivity contribution in [2.75, 3.05) is 6.61 Å². The van der Waals surface area contributed by atoms with Crippen molar-refractivity contribution in [1.29, 1.82) is 0 Å². The molecule has 0 N–H and O–H groups in total. The Bertz CT molecular complexity index is 1070. The summed E-state index contributed by atoms with van der Waals surface area (Å²) >= 11 is 0. The molecule has 4 heteroatoms. The first-order chi connectivity index (χ1) is 19.3. The molecule has 0 aliphatic carbocycles. The Morgan fingerprint density at radius 2 is 1.23 bits per heavy atom. The average Bonchev–Trinajstić information content (AvgIpc) is 2.98. The molecule has 0 fully saturated rings. The molecule has 39 heavy (non-hydrogen) atoms. The molecule has 3 aromatic rings. The number of nitrogens with zero attached hydrogens (tertiary/aromatic N) is 3. The first kappa shape index (κ1) is 30.3. The summed E-state index contributed by atoms with van der Waals surface area (Å²) in [4.78, 5) is 0. The first-order valence-electron chi connectivity index (χ1n) is 15.1. The van der Waals surface area contributed by atoms with Gasteiger partial charge in [0.1, 0.15) is 12.3 Å². The van der Waals surface area contributed by atoms with Crippen molar-refractivity contribution in [2.45, 2.75) is 96.9 Å². The number of benzene rings is 2. The van der Waals surface area contributed by atoms with E-state index < -0.39 is 0 Å². The van der Waals surface area contributed by atoms with Crippen LogP contribution in [0.15, 0.2) is 89.9 Å². The molecule has 2 aromatic carbocycles. The van der Waals surface area contributed by atoms with Crippen LogP contribution in [0.4, 0.5) is 11.4 Å². The molecule has 0 saturated carbocycles. The zero-order valence-corrected chi connectivity index (χ0v) is 24.1. The number of pyridine rings is 1. The van der Waals surface area contributed by atoms with Crippen LogP contribution in [0.5, 0.6) is 5.75 Å². The standard InChI is InChI=1S/C35H48N3O/c1-3-5-6-13-16-32-17-19-33(20-18-32)36-37-34-21-23-35(24-22-34)39-30-15-12-10-8-7-9-11-14-27-38-28-25-31(4-2)26-29-38/h4,17-26,28-29H,2-3,5-16,27,30H2,1H3/q+1. The van der Waals surface area contributed by atoms with E-state index in [4.69, 9.17) is 4.74 Å². The smallest absolute Gasteiger partial charge is 0.169 e. The lowest BCUT2D eigenvalue weighted by Crippen LogP contribution is -2.32. The van der Waals surface area contributed by atoms with E-state index in [1.807, 2.05) is 30.3 Å². The number of ether oxygens (including phenoxy) is 1. The molecule has 0 unspecified atom stereocenters. The van der Waals surface area contributed by atoms with Crippen molar-refractivity contribution in [2.24, 2.45) is 10.2 Å². The van der Waals surface area contributed by atoms with Gasteiger partial charge in [0.05, 0.1) is 18.0 Å². The van der Waals surface area contributed by atoms with E-state index in [2.05, 4.69) is 77.1 Å². The number of azo groups is 1. The zero-order valence-electron chi connectivity index (χ0n) is 24.1. The SMILES string of the molecule is C=Cc1cc[n+](CCCCCCCCCCOc2ccc(N=Nc3ccc(CCCCCC)cc3)cc2)cc1. The molecule has 0 aliphatic heterocycles. The minimum absolute atomic E-state index is 0.771. The lowest BCUT2D eigenvalue weighted by molar-refractivity contribution is -0.697. The molecule has 0 aliphatic rings. The van der Waals surface area contributed by atoms with Gasteiger partial charge in [-0.25, -0.2) is 4.57 Å². The molecule has 0 atom stereocenters. The summed E-state index contributed by atoms with van der Waals surface area (Å²) in [7, 11) is 0. The minimum atomic E-state index is 0.771. The summed E-state index contributed by atoms with van der Waals surface area (Å²) in [5.74, 6) is 0.901. The Labute approximate surface area is 236 Å². The summed E-state index contributed by atoms with van der Waals surface area (Å²) in [5, 5.41) is 8.76. The van der Waals surface area contributed by atoms with Gasteiger partial charge in [0.15, 0.2) is 12.4 Å². The van der Waals surface area contributed by atoms with Crippen molar-refractivity contribution in [1.82, 2.24) is 0 Å². The highest BCUT2D eigenvalue weighted by Gasteiger charge is 2.01. The number of hydrogen-bond donors (Lipinski definition) is 0. The van der Waals surface area contributed by atoms with Crippen molar-refractivity contribution in [3.05, 3.63) is 90.8 Å². The molecule has 0 amide bonds. The molecular formula is C35H48N3O+. The van der Waals surface area contributed by atoms with E-state index in [9.17, 15) is 0 Å². The van der Waals surface area contributed by atoms with Gasteiger partial charge in [0.2, 0.25) is 0 Å². The van der Waals surface area contributed by atoms with Crippen molar-refractivity contribution in [3.8, 4) is 5.75 Å². The van der Waals surface area contributed by atoms with Gasteiger partial charge >= 0.3 is 0 Å². The second kappa shape index (κ2) is 18.9. The average molecular weight is 527 g/mol. The molecule has 1 heterocycles. The third kappa shape index (κ3) is 12.9. The molecule has 0 saturated heterocycles. The fourth-order valence-corrected chi connectivity index (χ4v) is 4.61. The van der Waals surface area contributed by atoms with Gasteiger partial charge < -0.3 is 4.74 Å². The predicted molar refractivity (Wildman–Crippen MR) is 164 cm³/mol. The highest BCUT2D eigenvalue weighted by Crippen LogP contribution is 2.22. The quantitative estimate of drug-likeness (QED) is 0.0819. The Balaban J connectivity index is 1.19. The molecule has 0 radical (unpaired) electrons. The number of aromatic nitrogens is 1. The summed E-state index contributed by atoms with van der Waals surface area (Å²) in [5.41, 5.74) is 4.29. The molecule has 3 rings (SSSR count). The maximum Gasteiger partial charge on any atom is 0.169 e. The van der Waals surface area contributed by atoms with Crippen LogP contribution in [0, 0.1) is 0 Å². The summed E-state index contributed by atoms with van der Waals surface area (Å²) in [6, 6.07) is 20.6. The number of unbranched alkanes of at least 4 members (excludes halogenated alkanes) is 10. The van der Waals surface area contributed by atoms with Crippen molar-refractivity contribution >= 4 is 17.5 Å². The second-order valence-corrected chi connectivity index (χ2v) is 10.4. The lowest BCUT2D eigenvalue weighted by Gasteiger charge is -2.06. The Morgan fingerprint density at radius 1 is 0.667 bits per heavy atom. The van der Waals surface area contributed by atoms with E-state index >= 15 is 0 Å². The fourth-order valence-electron chi connectivity index (χ4n) is 4.61. The molecular weight excluding hydrogens is 478 g/mol. The highest BCUT2D eigenvalue weighted by atomic mass is 16.5. The normalized spacial score (nSPS) is 11.2. The third-order valence-corrected chi connectivity index (χ3v) is 7.11. The van der Waals surface area contributed by atoms with Crippen molar-refractivity contribution in [3.63, 3.8) is 0 Å². The van der Waals surface area contributed by atoms with Crippen LogP contribution in [0.1, 0.15) is 95.1 Å². The largest absolute Gasteiger partial charge is 0.494 e. The van der Waals surface area contributed by atoms with Crippen LogP contribution in [-0.2, 0) is 13.0 Å². The van der Waals surface area contributed by atoms with Gasteiger partial charge in [-0.2, -0.15) is 10.2 Å². The number of aryl methyl sites for hydroxylation is 2. The first-order valence-corrected chi connectivity index (χ1v) is 15.1. The van der Waals surface area contributed by atoms with Crippen LogP contribution in [0.2, 0.25) is 0 Å². The van der Waals surface area contributed by atoms with Crippen LogP contribution in [0.25, 0.3) is 6.08 Å². The molecule has 4 nitrogen and oxygen atoms in total. The monoisotopic (exact) mass is 526 g/mol. The number of rotatable bonds is 20. The van der Waals surface area contributed by atoms with Crippen LogP contribution >= 0.6 is 0 Å². The van der Waals surface area contributed by atoms with Crippen molar-refractivity contribution < 1.29 is 9.30 Å². The lowest BCUT2D eigenvalue weighted by atomic mass is 10.1. The summed E-state index contributed by atoms with van der Waals surface area (Å²) < 4.78 is 8.18. The van der Waals surface area contributed by atoms with Crippen LogP contribution in [-0.4, -0.2) is 6.61 Å². The summed E-state index contributed by atoms with van der Waals surface area (Å²) in [6.45, 7) is 7.93. The van der Waals surface area contributed by atoms with E-state index in [-0.39, 0.29) is 0 Å². The molecule has 1 aromatic heterocycles. The van der Waals surface area contributed by atoms with E-state index in [1.54, 1.807) is 0 Å². The van der Waals surface area contributed by atoms with Gasteiger partial charge in [-0.05, 0) is 73.2 Å². The topological polar surface area (TPSA) is 37.8 Å². The van der Waals surface area contributed by atoms with Gasteiger partial charge in [-0.15, -0.1) is 0 Å². The summed E-state index contributed by atoms with van der Waals surface area (Å²) in [6.07, 6.45) is 22.7. The Kier molecular flexibility index (Phi) is 14.7. The van der Waals surface area contributed by atoms with E-state index in [0.717, 1.165) is 43.1 Å². The maximum atomic E-state index is 5.92. The Hall–Kier alpha value is -3.27. The Morgan fingerprint density at radius 3 is 1.85 bits per heavy atom. The van der Waals surface area contributed by atoms with Gasteiger partial charge in [-0.3, -0.25) is 0 Å². The maximum absolute atomic E-state index is 5.92. The van der Waals surface area contributed by atoms with Gasteiger partial charge in [-0.1, -0.05) is 83.1 Å². The molecule has 208 valence electrons. The molecule has 0 bridgehead atoms. The van der Waals surface area contributed by atoms with Crippen LogP contribution in [0.3, 0.4) is 0 Å². The second-order valence-electron chi connectivity index (χ2n) is 10.4. The van der Waals surface area contributed by atoms with Crippen LogP contribution < -0.4 is 9.30 Å². The zero-order chi connectivity index (χ0) is 27.4. The molecule has 0 spiro atoms. The van der Waals surface area contributed by atoms with Gasteiger partial charge in [0, 0.05) is 18.6 Å². The van der Waals surface area contributed by atoms with Gasteiger partial charge in [0.25, 0.3) is 0 Å².